The van der Waals surface area contributed by atoms with Crippen LogP contribution in [0.1, 0.15) is 19.8 Å². The minimum atomic E-state index is 0.604. The highest BCUT2D eigenvalue weighted by molar-refractivity contribution is 5.60. The van der Waals surface area contributed by atoms with E-state index in [0.717, 1.165) is 37.2 Å². The van der Waals surface area contributed by atoms with Crippen LogP contribution in [0.25, 0.3) is 0 Å². The lowest BCUT2D eigenvalue weighted by Crippen LogP contribution is -2.34. The van der Waals surface area contributed by atoms with Crippen molar-refractivity contribution in [3.63, 3.8) is 0 Å². The van der Waals surface area contributed by atoms with Crippen LogP contribution >= 0.6 is 0 Å². The van der Waals surface area contributed by atoms with Gasteiger partial charge in [0.1, 0.15) is 0 Å². The topological polar surface area (TPSA) is 67.1 Å². The van der Waals surface area contributed by atoms with E-state index in [1.807, 2.05) is 0 Å². The van der Waals surface area contributed by atoms with Crippen molar-refractivity contribution >= 4 is 11.6 Å². The van der Waals surface area contributed by atoms with Crippen molar-refractivity contribution in [3.8, 4) is 0 Å². The number of hydrogen-bond acceptors (Lipinski definition) is 5. The maximum absolute atomic E-state index is 5.50. The zero-order chi connectivity index (χ0) is 12.1. The Morgan fingerprint density at radius 2 is 2.06 bits per heavy atom. The summed E-state index contributed by atoms with van der Waals surface area (Å²) >= 11 is 0. The molecule has 1 fully saturated rings. The monoisotopic (exact) mass is 235 g/mol. The van der Waals surface area contributed by atoms with Gasteiger partial charge in [0.15, 0.2) is 11.6 Å². The molecule has 2 rings (SSSR count). The smallest absolute Gasteiger partial charge is 0.171 e. The van der Waals surface area contributed by atoms with E-state index in [9.17, 15) is 0 Å². The summed E-state index contributed by atoms with van der Waals surface area (Å²) in [5.41, 5.74) is 5.50. The lowest BCUT2D eigenvalue weighted by molar-refractivity contribution is 0.436. The second-order valence-electron chi connectivity index (χ2n) is 4.61. The quantitative estimate of drug-likeness (QED) is 0.817. The normalized spacial score (nSPS) is 17.2. The van der Waals surface area contributed by atoms with Gasteiger partial charge in [-0.05, 0) is 18.8 Å². The predicted molar refractivity (Wildman–Crippen MR) is 70.2 cm³/mol. The summed E-state index contributed by atoms with van der Waals surface area (Å²) in [7, 11) is 0. The fraction of sp³-hybridized carbons (Fsp3) is 0.667. The predicted octanol–water partition coefficient (Wildman–Crippen LogP) is 1.08. The van der Waals surface area contributed by atoms with Crippen molar-refractivity contribution < 1.29 is 0 Å². The Morgan fingerprint density at radius 1 is 1.35 bits per heavy atom. The Bertz CT molecular complexity index is 347. The van der Waals surface area contributed by atoms with Gasteiger partial charge < -0.3 is 16.0 Å². The highest BCUT2D eigenvalue weighted by Crippen LogP contribution is 2.25. The Balaban J connectivity index is 2.08. The third-order valence-corrected chi connectivity index (χ3v) is 3.20. The summed E-state index contributed by atoms with van der Waals surface area (Å²) in [6, 6.07) is 0. The summed E-state index contributed by atoms with van der Waals surface area (Å²) < 4.78 is 0. The van der Waals surface area contributed by atoms with E-state index in [0.29, 0.717) is 6.54 Å². The minimum absolute atomic E-state index is 0.604. The van der Waals surface area contributed by atoms with Crippen molar-refractivity contribution in [1.82, 2.24) is 9.97 Å². The lowest BCUT2D eigenvalue weighted by atomic mass is 9.99. The van der Waals surface area contributed by atoms with E-state index < -0.39 is 0 Å². The van der Waals surface area contributed by atoms with Crippen LogP contribution in [0.15, 0.2) is 12.4 Å². The van der Waals surface area contributed by atoms with Crippen LogP contribution in [0.5, 0.6) is 0 Å². The first kappa shape index (κ1) is 12.1. The Morgan fingerprint density at radius 3 is 2.76 bits per heavy atom. The number of nitrogens with one attached hydrogen (secondary N) is 1. The van der Waals surface area contributed by atoms with Crippen LogP contribution in [0, 0.1) is 5.92 Å². The standard InChI is InChI=1S/C12H21N5/c1-10-2-8-17(9-3-10)12-11(14-5-4-13)15-6-7-16-12/h6-7,10H,2-5,8-9,13H2,1H3,(H,14,15). The maximum Gasteiger partial charge on any atom is 0.171 e. The molecule has 1 aliphatic rings. The van der Waals surface area contributed by atoms with Crippen molar-refractivity contribution in [1.29, 1.82) is 0 Å². The molecule has 0 unspecified atom stereocenters. The summed E-state index contributed by atoms with van der Waals surface area (Å²) in [6.07, 6.45) is 5.93. The number of rotatable bonds is 4. The fourth-order valence-electron chi connectivity index (χ4n) is 2.10. The van der Waals surface area contributed by atoms with E-state index in [4.69, 9.17) is 5.73 Å². The van der Waals surface area contributed by atoms with Gasteiger partial charge in [-0.2, -0.15) is 0 Å². The fourth-order valence-corrected chi connectivity index (χ4v) is 2.10. The molecule has 0 atom stereocenters. The molecule has 94 valence electrons. The zero-order valence-electron chi connectivity index (χ0n) is 10.4. The Labute approximate surface area is 102 Å². The third kappa shape index (κ3) is 3.06. The molecule has 0 saturated carbocycles. The second-order valence-corrected chi connectivity index (χ2v) is 4.61. The third-order valence-electron chi connectivity index (χ3n) is 3.20. The summed E-state index contributed by atoms with van der Waals surface area (Å²) in [5, 5.41) is 3.23. The first-order chi connectivity index (χ1) is 8.31. The van der Waals surface area contributed by atoms with Crippen LogP contribution in [0.2, 0.25) is 0 Å². The summed E-state index contributed by atoms with van der Waals surface area (Å²) in [6.45, 7) is 5.78. The molecular formula is C12H21N5. The Hall–Kier alpha value is -1.36. The molecule has 5 heteroatoms. The van der Waals surface area contributed by atoms with E-state index in [1.54, 1.807) is 12.4 Å². The average molecular weight is 235 g/mol. The largest absolute Gasteiger partial charge is 0.366 e. The molecule has 1 aliphatic heterocycles. The lowest BCUT2D eigenvalue weighted by Gasteiger charge is -2.31. The zero-order valence-corrected chi connectivity index (χ0v) is 10.4. The molecule has 2 heterocycles. The first-order valence-electron chi connectivity index (χ1n) is 6.31. The summed E-state index contributed by atoms with van der Waals surface area (Å²) in [5.74, 6) is 2.64. The van der Waals surface area contributed by atoms with Gasteiger partial charge in [0.25, 0.3) is 0 Å². The van der Waals surface area contributed by atoms with Crippen molar-refractivity contribution in [3.05, 3.63) is 12.4 Å². The second kappa shape index (κ2) is 5.82. The molecule has 5 nitrogen and oxygen atoms in total. The average Bonchev–Trinajstić information content (AvgIpc) is 2.38. The van der Waals surface area contributed by atoms with Crippen molar-refractivity contribution in [2.75, 3.05) is 36.4 Å². The number of piperidine rings is 1. The van der Waals surface area contributed by atoms with Gasteiger partial charge in [0.05, 0.1) is 0 Å². The van der Waals surface area contributed by atoms with Gasteiger partial charge in [-0.3, -0.25) is 0 Å². The van der Waals surface area contributed by atoms with E-state index in [-0.39, 0.29) is 0 Å². The van der Waals surface area contributed by atoms with Crippen molar-refractivity contribution in [2.24, 2.45) is 11.7 Å². The number of aromatic nitrogens is 2. The van der Waals surface area contributed by atoms with Gasteiger partial charge in [-0.1, -0.05) is 6.92 Å². The summed E-state index contributed by atoms with van der Waals surface area (Å²) in [4.78, 5) is 11.1. The number of hydrogen-bond donors (Lipinski definition) is 2. The van der Waals surface area contributed by atoms with Crippen LogP contribution in [0.4, 0.5) is 11.6 Å². The maximum atomic E-state index is 5.50. The van der Waals surface area contributed by atoms with Crippen LogP contribution < -0.4 is 16.0 Å². The molecule has 0 aliphatic carbocycles. The van der Waals surface area contributed by atoms with Gasteiger partial charge in [-0.25, -0.2) is 9.97 Å². The molecule has 0 radical (unpaired) electrons. The molecule has 0 amide bonds. The van der Waals surface area contributed by atoms with Gasteiger partial charge >= 0.3 is 0 Å². The molecular weight excluding hydrogens is 214 g/mol. The minimum Gasteiger partial charge on any atom is -0.366 e. The van der Waals surface area contributed by atoms with Crippen LogP contribution in [-0.4, -0.2) is 36.1 Å². The Kier molecular flexibility index (Phi) is 4.14. The van der Waals surface area contributed by atoms with Crippen molar-refractivity contribution in [2.45, 2.75) is 19.8 Å². The molecule has 1 aromatic heterocycles. The van der Waals surface area contributed by atoms with E-state index >= 15 is 0 Å². The SMILES string of the molecule is CC1CCN(c2nccnc2NCCN)CC1. The van der Waals surface area contributed by atoms with Crippen LogP contribution in [-0.2, 0) is 0 Å². The highest BCUT2D eigenvalue weighted by Gasteiger charge is 2.19. The highest BCUT2D eigenvalue weighted by atomic mass is 15.2. The van der Waals surface area contributed by atoms with Gasteiger partial charge in [0.2, 0.25) is 0 Å². The molecule has 0 spiro atoms. The van der Waals surface area contributed by atoms with Gasteiger partial charge in [-0.15, -0.1) is 0 Å². The first-order valence-corrected chi connectivity index (χ1v) is 6.31. The molecule has 1 saturated heterocycles. The van der Waals surface area contributed by atoms with Crippen LogP contribution in [0.3, 0.4) is 0 Å². The van der Waals surface area contributed by atoms with E-state index in [1.165, 1.54) is 12.8 Å². The molecule has 0 aromatic carbocycles. The number of nitrogens with two attached hydrogens (primary N) is 1. The molecule has 17 heavy (non-hydrogen) atoms. The number of anilines is 2. The number of nitrogens with zero attached hydrogens (tertiary/aromatic N) is 3. The molecule has 1 aromatic rings. The van der Waals surface area contributed by atoms with E-state index in [2.05, 4.69) is 27.1 Å². The molecule has 3 N–H and O–H groups in total. The van der Waals surface area contributed by atoms with Gasteiger partial charge in [0, 0.05) is 38.6 Å². The molecule has 0 bridgehead atoms.